The van der Waals surface area contributed by atoms with Crippen LogP contribution in [0.2, 0.25) is 0 Å². The Hall–Kier alpha value is -2.12. The fourth-order valence-electron chi connectivity index (χ4n) is 2.05. The normalized spacial score (nSPS) is 16.6. The summed E-state index contributed by atoms with van der Waals surface area (Å²) in [6, 6.07) is 0. The van der Waals surface area contributed by atoms with Crippen LogP contribution < -0.4 is 0 Å². The molecular weight excluding hydrogens is 573 g/mol. The third-order valence-electron chi connectivity index (χ3n) is 4.40. The van der Waals surface area contributed by atoms with Crippen LogP contribution in [0.15, 0.2) is 12.7 Å². The molecule has 0 aromatic heterocycles. The van der Waals surface area contributed by atoms with E-state index in [0.717, 1.165) is 0 Å². The van der Waals surface area contributed by atoms with E-state index in [2.05, 4.69) is 11.3 Å². The summed E-state index contributed by atoms with van der Waals surface area (Å²) in [5.74, 6) is -72.4. The monoisotopic (exact) mass is 582 g/mol. The molecule has 2 nitrogen and oxygen atoms in total. The van der Waals surface area contributed by atoms with Gasteiger partial charge in [-0.25, -0.2) is 4.79 Å². The average Bonchev–Trinajstić information content (AvgIpc) is 2.69. The van der Waals surface area contributed by atoms with Crippen molar-refractivity contribution in [1.29, 1.82) is 0 Å². The summed E-state index contributed by atoms with van der Waals surface area (Å²) in [5, 5.41) is 0. The highest BCUT2D eigenvalue weighted by Crippen LogP contribution is 2.65. The van der Waals surface area contributed by atoms with Crippen molar-refractivity contribution >= 4 is 5.97 Å². The number of carbonyl (C=O) groups is 1. The van der Waals surface area contributed by atoms with Crippen molar-refractivity contribution in [2.75, 3.05) is 6.61 Å². The Morgan fingerprint density at radius 2 is 0.889 bits per heavy atom. The minimum atomic E-state index is -8.97. The summed E-state index contributed by atoms with van der Waals surface area (Å²) in [6.07, 6.45) is -7.77. The van der Waals surface area contributed by atoms with Gasteiger partial charge in [0.2, 0.25) is 0 Å². The van der Waals surface area contributed by atoms with Crippen LogP contribution in [0.25, 0.3) is 0 Å². The standard InChI is InChI=1S/C15H9F19O2/c1-3-6(35)36-4-5(2)7(16,17)8(18,19)9(20,21)10(22,23)11(24,25)12(26,27)13(28,29)14(30,31)15(32,33)34/h3,5H,1,4H2,2H3. The van der Waals surface area contributed by atoms with Gasteiger partial charge < -0.3 is 4.74 Å². The number of hydrogen-bond donors (Lipinski definition) is 0. The third kappa shape index (κ3) is 4.43. The molecule has 21 heteroatoms. The van der Waals surface area contributed by atoms with Gasteiger partial charge in [0.15, 0.2) is 0 Å². The molecule has 0 aromatic carbocycles. The molecule has 0 saturated carbocycles. The maximum absolute atomic E-state index is 13.8. The highest BCUT2D eigenvalue weighted by Gasteiger charge is 2.96. The summed E-state index contributed by atoms with van der Waals surface area (Å²) in [4.78, 5) is 10.7. The van der Waals surface area contributed by atoms with Crippen LogP contribution >= 0.6 is 0 Å². The summed E-state index contributed by atoms with van der Waals surface area (Å²) in [5.41, 5.74) is 0. The third-order valence-corrected chi connectivity index (χ3v) is 4.40. The Morgan fingerprint density at radius 1 is 0.611 bits per heavy atom. The van der Waals surface area contributed by atoms with E-state index in [4.69, 9.17) is 0 Å². The van der Waals surface area contributed by atoms with Crippen molar-refractivity contribution in [3.05, 3.63) is 12.7 Å². The lowest BCUT2D eigenvalue weighted by Gasteiger charge is -2.44. The van der Waals surface area contributed by atoms with E-state index in [1.54, 1.807) is 0 Å². The Morgan fingerprint density at radius 3 is 1.17 bits per heavy atom. The molecule has 0 aliphatic carbocycles. The first-order chi connectivity index (χ1) is 15.4. The molecule has 0 aromatic rings. The molecule has 0 fully saturated rings. The Labute approximate surface area is 186 Å². The van der Waals surface area contributed by atoms with E-state index in [0.29, 0.717) is 0 Å². The number of rotatable bonds is 11. The average molecular weight is 582 g/mol. The van der Waals surface area contributed by atoms with E-state index < -0.39 is 72.1 Å². The van der Waals surface area contributed by atoms with Gasteiger partial charge in [-0.1, -0.05) is 13.5 Å². The first-order valence-electron chi connectivity index (χ1n) is 8.26. The fraction of sp³-hybridized carbons (Fsp3) is 0.800. The number of carbonyl (C=O) groups excluding carboxylic acids is 1. The molecule has 0 saturated heterocycles. The molecule has 0 radical (unpaired) electrons. The van der Waals surface area contributed by atoms with Gasteiger partial charge in [-0.05, 0) is 0 Å². The van der Waals surface area contributed by atoms with Crippen LogP contribution in [0.5, 0.6) is 0 Å². The van der Waals surface area contributed by atoms with Crippen LogP contribution in [0, 0.1) is 5.92 Å². The molecule has 214 valence electrons. The smallest absolute Gasteiger partial charge is 0.460 e. The topological polar surface area (TPSA) is 26.3 Å². The van der Waals surface area contributed by atoms with Gasteiger partial charge in [0, 0.05) is 6.08 Å². The highest BCUT2D eigenvalue weighted by atomic mass is 19.4. The molecule has 1 unspecified atom stereocenters. The number of alkyl halides is 19. The van der Waals surface area contributed by atoms with Crippen molar-refractivity contribution in [2.24, 2.45) is 5.92 Å². The summed E-state index contributed by atoms with van der Waals surface area (Å²) in [6.45, 7) is 0.294. The van der Waals surface area contributed by atoms with Crippen LogP contribution in [-0.2, 0) is 9.53 Å². The van der Waals surface area contributed by atoms with Gasteiger partial charge in [0.25, 0.3) is 0 Å². The van der Waals surface area contributed by atoms with Gasteiger partial charge in [0.05, 0.1) is 5.92 Å². The Balaban J connectivity index is 6.78. The Bertz CT molecular complexity index is 825. The molecular formula is C15H9F19O2. The Kier molecular flexibility index (Phi) is 8.49. The van der Waals surface area contributed by atoms with Crippen molar-refractivity contribution in [1.82, 2.24) is 0 Å². The van der Waals surface area contributed by atoms with E-state index in [9.17, 15) is 88.2 Å². The van der Waals surface area contributed by atoms with Gasteiger partial charge >= 0.3 is 59.5 Å². The van der Waals surface area contributed by atoms with Gasteiger partial charge in [-0.3, -0.25) is 0 Å². The zero-order chi connectivity index (χ0) is 29.8. The lowest BCUT2D eigenvalue weighted by molar-refractivity contribution is -0.470. The van der Waals surface area contributed by atoms with Crippen LogP contribution in [-0.4, -0.2) is 66.1 Å². The number of esters is 1. The second kappa shape index (κ2) is 9.02. The number of hydrogen-bond acceptors (Lipinski definition) is 2. The van der Waals surface area contributed by atoms with Crippen molar-refractivity contribution < 1.29 is 92.9 Å². The molecule has 36 heavy (non-hydrogen) atoms. The van der Waals surface area contributed by atoms with E-state index in [1.165, 1.54) is 0 Å². The van der Waals surface area contributed by atoms with Gasteiger partial charge in [-0.15, -0.1) is 0 Å². The predicted molar refractivity (Wildman–Crippen MR) is 76.0 cm³/mol. The maximum Gasteiger partial charge on any atom is 0.460 e. The zero-order valence-electron chi connectivity index (χ0n) is 16.6. The molecule has 0 heterocycles. The van der Waals surface area contributed by atoms with E-state index in [-0.39, 0.29) is 13.0 Å². The SMILES string of the molecule is C=CC(=O)OCC(C)C(F)(F)C(F)(F)C(F)(F)C(F)(F)C(F)(F)C(F)(F)C(F)(F)C(F)(F)C(F)(F)F. The second-order valence-corrected chi connectivity index (χ2v) is 6.88. The molecule has 0 N–H and O–H groups in total. The van der Waals surface area contributed by atoms with Crippen molar-refractivity contribution in [3.63, 3.8) is 0 Å². The van der Waals surface area contributed by atoms with Crippen LogP contribution in [0.3, 0.4) is 0 Å². The first kappa shape index (κ1) is 33.9. The summed E-state index contributed by atoms with van der Waals surface area (Å²) < 4.78 is 254. The predicted octanol–water partition coefficient (Wildman–Crippen LogP) is 7.00. The fourth-order valence-corrected chi connectivity index (χ4v) is 2.05. The highest BCUT2D eigenvalue weighted by molar-refractivity contribution is 5.81. The minimum absolute atomic E-state index is 0.158. The first-order valence-corrected chi connectivity index (χ1v) is 8.26. The molecule has 0 aliphatic rings. The lowest BCUT2D eigenvalue weighted by Crippen LogP contribution is -2.76. The molecule has 0 spiro atoms. The van der Waals surface area contributed by atoms with E-state index >= 15 is 0 Å². The van der Waals surface area contributed by atoms with Crippen molar-refractivity contribution in [3.8, 4) is 0 Å². The maximum atomic E-state index is 13.8. The molecule has 0 amide bonds. The molecule has 0 aliphatic heterocycles. The summed E-state index contributed by atoms with van der Waals surface area (Å²) >= 11 is 0. The molecule has 1 atom stereocenters. The quantitative estimate of drug-likeness (QED) is 0.149. The van der Waals surface area contributed by atoms with Gasteiger partial charge in [0.1, 0.15) is 6.61 Å². The summed E-state index contributed by atoms with van der Waals surface area (Å²) in [7, 11) is 0. The molecule has 0 bridgehead atoms. The zero-order valence-corrected chi connectivity index (χ0v) is 16.6. The van der Waals surface area contributed by atoms with Crippen molar-refractivity contribution in [2.45, 2.75) is 60.5 Å². The second-order valence-electron chi connectivity index (χ2n) is 6.88. The van der Waals surface area contributed by atoms with Crippen LogP contribution in [0.1, 0.15) is 6.92 Å². The largest absolute Gasteiger partial charge is 0.462 e. The molecule has 0 rings (SSSR count). The lowest BCUT2D eigenvalue weighted by atomic mass is 9.85. The van der Waals surface area contributed by atoms with Gasteiger partial charge in [-0.2, -0.15) is 83.4 Å². The van der Waals surface area contributed by atoms with Crippen LogP contribution in [0.4, 0.5) is 83.4 Å². The van der Waals surface area contributed by atoms with E-state index in [1.807, 2.05) is 0 Å². The number of ether oxygens (including phenoxy) is 1. The minimum Gasteiger partial charge on any atom is -0.462 e. The number of halogens is 19.